The molecule has 7 nitrogen and oxygen atoms in total. The predicted molar refractivity (Wildman–Crippen MR) is 72.2 cm³/mol. The molecule has 0 fully saturated rings. The lowest BCUT2D eigenvalue weighted by Crippen LogP contribution is -2.26. The van der Waals surface area contributed by atoms with Gasteiger partial charge in [0.25, 0.3) is 0 Å². The number of benzene rings is 1. The second kappa shape index (κ2) is 6.74. The molecule has 2 rings (SSSR count). The molecule has 0 amide bonds. The number of aromatic nitrogens is 3. The van der Waals surface area contributed by atoms with Crippen LogP contribution in [0.15, 0.2) is 35.5 Å². The minimum Gasteiger partial charge on any atom is -0.392 e. The van der Waals surface area contributed by atoms with Crippen LogP contribution in [0, 0.1) is 5.82 Å². The lowest BCUT2D eigenvalue weighted by molar-refractivity contribution is 0.281. The number of sulfonamides is 1. The van der Waals surface area contributed by atoms with Crippen LogP contribution in [-0.2, 0) is 23.2 Å². The SMILES string of the molecule is O=S(=O)(NCCCn1ccnn1)c1ccc(CO)cc1F. The van der Waals surface area contributed by atoms with Gasteiger partial charge >= 0.3 is 0 Å². The second-order valence-electron chi connectivity index (χ2n) is 4.34. The molecule has 0 saturated heterocycles. The van der Waals surface area contributed by atoms with Crippen molar-refractivity contribution in [3.63, 3.8) is 0 Å². The van der Waals surface area contributed by atoms with Crippen molar-refractivity contribution in [2.45, 2.75) is 24.5 Å². The van der Waals surface area contributed by atoms with E-state index in [2.05, 4.69) is 15.0 Å². The van der Waals surface area contributed by atoms with E-state index in [-0.39, 0.29) is 13.2 Å². The Morgan fingerprint density at radius 1 is 1.38 bits per heavy atom. The Bertz CT molecular complexity index is 689. The zero-order valence-corrected chi connectivity index (χ0v) is 11.9. The van der Waals surface area contributed by atoms with Gasteiger partial charge in [-0.15, -0.1) is 5.10 Å². The van der Waals surface area contributed by atoms with Crippen LogP contribution in [0.25, 0.3) is 0 Å². The van der Waals surface area contributed by atoms with Crippen LogP contribution in [0.3, 0.4) is 0 Å². The van der Waals surface area contributed by atoms with Crippen molar-refractivity contribution < 1.29 is 17.9 Å². The quantitative estimate of drug-likeness (QED) is 0.715. The van der Waals surface area contributed by atoms with Gasteiger partial charge in [-0.2, -0.15) is 0 Å². The predicted octanol–water partition coefficient (Wildman–Crippen LogP) is 0.278. The number of rotatable bonds is 7. The molecule has 21 heavy (non-hydrogen) atoms. The van der Waals surface area contributed by atoms with Crippen LogP contribution in [0.4, 0.5) is 4.39 Å². The summed E-state index contributed by atoms with van der Waals surface area (Å²) < 4.78 is 41.5. The van der Waals surface area contributed by atoms with Gasteiger partial charge in [-0.25, -0.2) is 17.5 Å². The zero-order chi connectivity index (χ0) is 15.3. The molecule has 0 aliphatic carbocycles. The summed E-state index contributed by atoms with van der Waals surface area (Å²) >= 11 is 0. The summed E-state index contributed by atoms with van der Waals surface area (Å²) in [6.07, 6.45) is 3.70. The molecule has 1 aromatic carbocycles. The first kappa shape index (κ1) is 15.5. The number of halogens is 1. The molecule has 0 atom stereocenters. The minimum atomic E-state index is -3.91. The van der Waals surface area contributed by atoms with Gasteiger partial charge in [-0.3, -0.25) is 4.68 Å². The molecule has 2 N–H and O–H groups in total. The largest absolute Gasteiger partial charge is 0.392 e. The molecule has 0 unspecified atom stereocenters. The first-order valence-corrected chi connectivity index (χ1v) is 7.74. The summed E-state index contributed by atoms with van der Waals surface area (Å²) in [5.41, 5.74) is 0.317. The normalized spacial score (nSPS) is 11.7. The fourth-order valence-corrected chi connectivity index (χ4v) is 2.87. The van der Waals surface area contributed by atoms with Gasteiger partial charge in [-0.1, -0.05) is 11.3 Å². The third kappa shape index (κ3) is 4.06. The number of hydrogen-bond donors (Lipinski definition) is 2. The van der Waals surface area contributed by atoms with Crippen LogP contribution >= 0.6 is 0 Å². The smallest absolute Gasteiger partial charge is 0.243 e. The zero-order valence-electron chi connectivity index (χ0n) is 11.1. The van der Waals surface area contributed by atoms with E-state index in [1.54, 1.807) is 10.9 Å². The van der Waals surface area contributed by atoms with Gasteiger partial charge < -0.3 is 5.11 Å². The van der Waals surface area contributed by atoms with E-state index in [0.29, 0.717) is 18.5 Å². The highest BCUT2D eigenvalue weighted by Gasteiger charge is 2.18. The monoisotopic (exact) mass is 314 g/mol. The van der Waals surface area contributed by atoms with E-state index in [0.717, 1.165) is 12.1 Å². The maximum Gasteiger partial charge on any atom is 0.243 e. The van der Waals surface area contributed by atoms with Crippen molar-refractivity contribution >= 4 is 10.0 Å². The fraction of sp³-hybridized carbons (Fsp3) is 0.333. The van der Waals surface area contributed by atoms with E-state index in [1.807, 2.05) is 0 Å². The van der Waals surface area contributed by atoms with Crippen molar-refractivity contribution in [1.29, 1.82) is 0 Å². The molecule has 1 heterocycles. The fourth-order valence-electron chi connectivity index (χ4n) is 1.74. The van der Waals surface area contributed by atoms with Crippen LogP contribution in [0.2, 0.25) is 0 Å². The Balaban J connectivity index is 1.95. The molecule has 0 saturated carbocycles. The minimum absolute atomic E-state index is 0.156. The Morgan fingerprint density at radius 2 is 2.19 bits per heavy atom. The molecule has 114 valence electrons. The highest BCUT2D eigenvalue weighted by Crippen LogP contribution is 2.16. The Labute approximate surface area is 121 Å². The number of aliphatic hydroxyl groups excluding tert-OH is 1. The van der Waals surface area contributed by atoms with Crippen molar-refractivity contribution in [2.75, 3.05) is 6.54 Å². The van der Waals surface area contributed by atoms with E-state index in [4.69, 9.17) is 5.11 Å². The standard InChI is InChI=1S/C12H15FN4O3S/c13-11-8-10(9-18)2-3-12(11)21(19,20)15-4-1-6-17-7-5-14-16-17/h2-3,5,7-8,15,18H,1,4,6,9H2. The van der Waals surface area contributed by atoms with Crippen LogP contribution in [0.1, 0.15) is 12.0 Å². The average Bonchev–Trinajstić information content (AvgIpc) is 2.96. The van der Waals surface area contributed by atoms with Gasteiger partial charge in [0.15, 0.2) is 0 Å². The van der Waals surface area contributed by atoms with Crippen molar-refractivity contribution in [1.82, 2.24) is 19.7 Å². The Hall–Kier alpha value is -1.84. The Kier molecular flexibility index (Phi) is 4.99. The summed E-state index contributed by atoms with van der Waals surface area (Å²) in [5.74, 6) is -0.884. The lowest BCUT2D eigenvalue weighted by atomic mass is 10.2. The number of nitrogens with one attached hydrogen (secondary N) is 1. The van der Waals surface area contributed by atoms with E-state index >= 15 is 0 Å². The molecule has 0 aliphatic heterocycles. The summed E-state index contributed by atoms with van der Waals surface area (Å²) in [7, 11) is -3.91. The summed E-state index contributed by atoms with van der Waals surface area (Å²) in [5, 5.41) is 16.3. The van der Waals surface area contributed by atoms with E-state index in [9.17, 15) is 12.8 Å². The molecule has 0 bridgehead atoms. The van der Waals surface area contributed by atoms with E-state index in [1.165, 1.54) is 12.3 Å². The molecule has 2 aromatic rings. The molecule has 0 aliphatic rings. The molecular formula is C12H15FN4O3S. The molecule has 0 radical (unpaired) electrons. The Morgan fingerprint density at radius 3 is 2.81 bits per heavy atom. The van der Waals surface area contributed by atoms with Crippen molar-refractivity contribution in [3.05, 3.63) is 42.0 Å². The highest BCUT2D eigenvalue weighted by atomic mass is 32.2. The van der Waals surface area contributed by atoms with Crippen LogP contribution in [-0.4, -0.2) is 35.1 Å². The first-order chi connectivity index (χ1) is 10.0. The summed E-state index contributed by atoms with van der Waals surface area (Å²) in [4.78, 5) is -0.430. The lowest BCUT2D eigenvalue weighted by Gasteiger charge is -2.08. The molecule has 1 aromatic heterocycles. The van der Waals surface area contributed by atoms with Gasteiger partial charge in [0.2, 0.25) is 10.0 Å². The number of aliphatic hydroxyl groups is 1. The number of hydrogen-bond acceptors (Lipinski definition) is 5. The number of aryl methyl sites for hydroxylation is 1. The summed E-state index contributed by atoms with van der Waals surface area (Å²) in [6, 6.07) is 3.51. The molecular weight excluding hydrogens is 299 g/mol. The third-order valence-electron chi connectivity index (χ3n) is 2.80. The maximum atomic E-state index is 13.7. The third-order valence-corrected chi connectivity index (χ3v) is 4.29. The van der Waals surface area contributed by atoms with Crippen molar-refractivity contribution in [2.24, 2.45) is 0 Å². The van der Waals surface area contributed by atoms with Crippen LogP contribution in [0.5, 0.6) is 0 Å². The topological polar surface area (TPSA) is 97.1 Å². The summed E-state index contributed by atoms with van der Waals surface area (Å²) in [6.45, 7) is 0.320. The van der Waals surface area contributed by atoms with Crippen LogP contribution < -0.4 is 4.72 Å². The first-order valence-electron chi connectivity index (χ1n) is 6.26. The molecule has 0 spiro atoms. The maximum absolute atomic E-state index is 13.7. The van der Waals surface area contributed by atoms with Gasteiger partial charge in [0.05, 0.1) is 12.8 Å². The highest BCUT2D eigenvalue weighted by molar-refractivity contribution is 7.89. The van der Waals surface area contributed by atoms with Crippen molar-refractivity contribution in [3.8, 4) is 0 Å². The average molecular weight is 314 g/mol. The molecule has 9 heteroatoms. The van der Waals surface area contributed by atoms with E-state index < -0.39 is 20.7 Å². The van der Waals surface area contributed by atoms with Gasteiger partial charge in [0.1, 0.15) is 10.7 Å². The second-order valence-corrected chi connectivity index (χ2v) is 6.08. The number of nitrogens with zero attached hydrogens (tertiary/aromatic N) is 3. The van der Waals surface area contributed by atoms with Gasteiger partial charge in [-0.05, 0) is 24.1 Å². The van der Waals surface area contributed by atoms with Gasteiger partial charge in [0, 0.05) is 19.3 Å².